The van der Waals surface area contributed by atoms with Crippen LogP contribution in [0.4, 0.5) is 5.69 Å². The minimum Gasteiger partial charge on any atom is -0.390 e. The van der Waals surface area contributed by atoms with E-state index in [1.807, 2.05) is 6.07 Å². The molecule has 1 saturated heterocycles. The molecule has 0 radical (unpaired) electrons. The molecule has 86 valence electrons. The summed E-state index contributed by atoms with van der Waals surface area (Å²) in [6.07, 6.45) is -0.237. The highest BCUT2D eigenvalue weighted by Crippen LogP contribution is 2.23. The molecular formula is C11H14N2O3. The fourth-order valence-corrected chi connectivity index (χ4v) is 1.95. The molecule has 5 nitrogen and oxygen atoms in total. The number of aliphatic hydroxyl groups excluding tert-OH is 1. The van der Waals surface area contributed by atoms with Crippen LogP contribution in [0, 0.1) is 17.0 Å². The van der Waals surface area contributed by atoms with Gasteiger partial charge in [0.25, 0.3) is 5.69 Å². The predicted molar refractivity (Wildman–Crippen MR) is 59.1 cm³/mol. The number of nitrogens with zero attached hydrogens (tertiary/aromatic N) is 2. The van der Waals surface area contributed by atoms with Gasteiger partial charge in [0.2, 0.25) is 0 Å². The van der Waals surface area contributed by atoms with Crippen molar-refractivity contribution in [2.75, 3.05) is 13.1 Å². The fourth-order valence-electron chi connectivity index (χ4n) is 1.95. The molecule has 0 unspecified atom stereocenters. The molecule has 0 aromatic heterocycles. The van der Waals surface area contributed by atoms with Gasteiger partial charge in [-0.05, 0) is 12.5 Å². The normalized spacial score (nSPS) is 17.1. The molecule has 1 aliphatic heterocycles. The Morgan fingerprint density at radius 1 is 1.56 bits per heavy atom. The summed E-state index contributed by atoms with van der Waals surface area (Å²) in [7, 11) is 0. The number of hydrogen-bond acceptors (Lipinski definition) is 4. The van der Waals surface area contributed by atoms with E-state index >= 15 is 0 Å². The molecule has 0 aliphatic carbocycles. The number of hydrogen-bond donors (Lipinski definition) is 1. The highest BCUT2D eigenvalue weighted by molar-refractivity contribution is 5.44. The van der Waals surface area contributed by atoms with E-state index in [2.05, 4.69) is 4.90 Å². The maximum atomic E-state index is 10.7. The van der Waals surface area contributed by atoms with Gasteiger partial charge in [0.1, 0.15) is 0 Å². The van der Waals surface area contributed by atoms with Crippen LogP contribution in [0.25, 0.3) is 0 Å². The number of rotatable bonds is 3. The largest absolute Gasteiger partial charge is 0.390 e. The van der Waals surface area contributed by atoms with Gasteiger partial charge in [-0.3, -0.25) is 15.0 Å². The van der Waals surface area contributed by atoms with E-state index in [1.165, 1.54) is 6.07 Å². The molecular weight excluding hydrogens is 208 g/mol. The molecule has 2 rings (SSSR count). The van der Waals surface area contributed by atoms with Gasteiger partial charge in [0.15, 0.2) is 0 Å². The first-order valence-electron chi connectivity index (χ1n) is 5.21. The van der Waals surface area contributed by atoms with E-state index in [4.69, 9.17) is 5.11 Å². The molecule has 1 aliphatic rings. The van der Waals surface area contributed by atoms with Crippen LogP contribution >= 0.6 is 0 Å². The van der Waals surface area contributed by atoms with Gasteiger partial charge in [0.05, 0.1) is 11.0 Å². The number of aliphatic hydroxyl groups is 1. The van der Waals surface area contributed by atoms with Crippen LogP contribution < -0.4 is 0 Å². The van der Waals surface area contributed by atoms with Crippen molar-refractivity contribution >= 4 is 5.69 Å². The lowest BCUT2D eigenvalue weighted by Crippen LogP contribution is -2.49. The molecule has 5 heteroatoms. The first-order valence-corrected chi connectivity index (χ1v) is 5.21. The molecule has 0 saturated carbocycles. The van der Waals surface area contributed by atoms with Crippen LogP contribution in [0.15, 0.2) is 18.2 Å². The molecule has 1 N–H and O–H groups in total. The second-order valence-electron chi connectivity index (χ2n) is 4.17. The van der Waals surface area contributed by atoms with Crippen molar-refractivity contribution < 1.29 is 10.0 Å². The van der Waals surface area contributed by atoms with Crippen LogP contribution in [0.5, 0.6) is 0 Å². The molecule has 1 heterocycles. The Kier molecular flexibility index (Phi) is 2.89. The number of β-amino-alcohol motifs (C(OH)–C–C–N with tert-alkyl or cyclic N) is 1. The molecule has 1 fully saturated rings. The predicted octanol–water partition coefficient (Wildman–Crippen LogP) is 1.08. The smallest absolute Gasteiger partial charge is 0.272 e. The average molecular weight is 222 g/mol. The summed E-state index contributed by atoms with van der Waals surface area (Å²) >= 11 is 0. The van der Waals surface area contributed by atoms with Gasteiger partial charge in [-0.15, -0.1) is 0 Å². The van der Waals surface area contributed by atoms with Crippen molar-refractivity contribution in [3.63, 3.8) is 0 Å². The van der Waals surface area contributed by atoms with Gasteiger partial charge in [-0.2, -0.15) is 0 Å². The van der Waals surface area contributed by atoms with E-state index in [0.717, 1.165) is 5.56 Å². The Bertz CT molecular complexity index is 414. The maximum absolute atomic E-state index is 10.7. The van der Waals surface area contributed by atoms with Crippen molar-refractivity contribution in [3.05, 3.63) is 39.4 Å². The minimum atomic E-state index is -0.357. The van der Waals surface area contributed by atoms with Gasteiger partial charge in [0, 0.05) is 31.3 Å². The maximum Gasteiger partial charge on any atom is 0.272 e. The third kappa shape index (κ3) is 2.05. The topological polar surface area (TPSA) is 66.6 Å². The average Bonchev–Trinajstić information content (AvgIpc) is 2.18. The second kappa shape index (κ2) is 4.19. The number of benzene rings is 1. The third-order valence-corrected chi connectivity index (χ3v) is 2.95. The SMILES string of the molecule is Cc1c(CN2CC(O)C2)cccc1[N+](=O)[O-]. The van der Waals surface area contributed by atoms with Crippen LogP contribution in [-0.2, 0) is 6.54 Å². The number of nitro benzene ring substituents is 1. The second-order valence-corrected chi connectivity index (χ2v) is 4.17. The molecule has 1 aromatic rings. The van der Waals surface area contributed by atoms with Crippen molar-refractivity contribution in [3.8, 4) is 0 Å². The zero-order valence-electron chi connectivity index (χ0n) is 9.09. The Morgan fingerprint density at radius 3 is 2.81 bits per heavy atom. The highest BCUT2D eigenvalue weighted by Gasteiger charge is 2.25. The zero-order chi connectivity index (χ0) is 11.7. The first kappa shape index (κ1) is 11.0. The monoisotopic (exact) mass is 222 g/mol. The van der Waals surface area contributed by atoms with E-state index in [0.29, 0.717) is 25.2 Å². The van der Waals surface area contributed by atoms with E-state index in [9.17, 15) is 10.1 Å². The molecule has 16 heavy (non-hydrogen) atoms. The standard InChI is InChI=1S/C11H14N2O3/c1-8-9(5-12-6-10(14)7-12)3-2-4-11(8)13(15)16/h2-4,10,14H,5-7H2,1H3. The summed E-state index contributed by atoms with van der Waals surface area (Å²) in [6.45, 7) is 3.75. The zero-order valence-corrected chi connectivity index (χ0v) is 9.09. The molecule has 1 aromatic carbocycles. The Balaban J connectivity index is 2.15. The van der Waals surface area contributed by atoms with Crippen molar-refractivity contribution in [1.29, 1.82) is 0 Å². The summed E-state index contributed by atoms with van der Waals surface area (Å²) in [5, 5.41) is 19.9. The number of nitro groups is 1. The van der Waals surface area contributed by atoms with Gasteiger partial charge < -0.3 is 5.11 Å². The summed E-state index contributed by atoms with van der Waals surface area (Å²) in [6, 6.07) is 5.12. The summed E-state index contributed by atoms with van der Waals surface area (Å²) < 4.78 is 0. The van der Waals surface area contributed by atoms with Crippen LogP contribution in [0.2, 0.25) is 0 Å². The Hall–Kier alpha value is -1.46. The van der Waals surface area contributed by atoms with Crippen LogP contribution in [0.3, 0.4) is 0 Å². The van der Waals surface area contributed by atoms with Gasteiger partial charge in [-0.1, -0.05) is 12.1 Å². The summed E-state index contributed by atoms with van der Waals surface area (Å²) in [5.74, 6) is 0. The van der Waals surface area contributed by atoms with Crippen LogP contribution in [0.1, 0.15) is 11.1 Å². The fraction of sp³-hybridized carbons (Fsp3) is 0.455. The lowest BCUT2D eigenvalue weighted by Gasteiger charge is -2.36. The van der Waals surface area contributed by atoms with E-state index < -0.39 is 0 Å². The minimum absolute atomic E-state index is 0.165. The van der Waals surface area contributed by atoms with Crippen molar-refractivity contribution in [2.24, 2.45) is 0 Å². The molecule has 0 spiro atoms. The van der Waals surface area contributed by atoms with E-state index in [1.54, 1.807) is 13.0 Å². The van der Waals surface area contributed by atoms with Crippen LogP contribution in [-0.4, -0.2) is 34.1 Å². The highest BCUT2D eigenvalue weighted by atomic mass is 16.6. The van der Waals surface area contributed by atoms with Crippen molar-refractivity contribution in [1.82, 2.24) is 4.90 Å². The lowest BCUT2D eigenvalue weighted by atomic mass is 10.0. The Labute approximate surface area is 93.5 Å². The lowest BCUT2D eigenvalue weighted by molar-refractivity contribution is -0.385. The quantitative estimate of drug-likeness (QED) is 0.614. The summed E-state index contributed by atoms with van der Waals surface area (Å²) in [5.41, 5.74) is 1.84. The summed E-state index contributed by atoms with van der Waals surface area (Å²) in [4.78, 5) is 12.5. The first-order chi connectivity index (χ1) is 7.58. The van der Waals surface area contributed by atoms with E-state index in [-0.39, 0.29) is 16.7 Å². The van der Waals surface area contributed by atoms with Gasteiger partial charge >= 0.3 is 0 Å². The number of likely N-dealkylation sites (tertiary alicyclic amines) is 1. The molecule has 0 atom stereocenters. The molecule has 0 amide bonds. The molecule has 0 bridgehead atoms. The van der Waals surface area contributed by atoms with Crippen molar-refractivity contribution in [2.45, 2.75) is 19.6 Å². The third-order valence-electron chi connectivity index (χ3n) is 2.95. The Morgan fingerprint density at radius 2 is 2.25 bits per heavy atom. The van der Waals surface area contributed by atoms with Gasteiger partial charge in [-0.25, -0.2) is 0 Å².